The fourth-order valence-electron chi connectivity index (χ4n) is 8.29. The molecule has 0 amide bonds. The van der Waals surface area contributed by atoms with E-state index in [0.717, 1.165) is 16.6 Å². The Hall–Kier alpha value is -8.25. The molecule has 0 atom stereocenters. The number of phenolic OH excluding ortho intramolecular Hbond substituents is 1. The van der Waals surface area contributed by atoms with Crippen LogP contribution in [0.3, 0.4) is 0 Å². The molecule has 4 nitrogen and oxygen atoms in total. The Balaban J connectivity index is 0.000000237. The molecular weight excluding hydrogens is 1040 g/mol. The van der Waals surface area contributed by atoms with Gasteiger partial charge in [0.1, 0.15) is 58.4 Å². The highest BCUT2D eigenvalue weighted by Gasteiger charge is 2.52. The van der Waals surface area contributed by atoms with Crippen molar-refractivity contribution in [1.82, 2.24) is 0 Å². The normalized spacial score (nSPS) is 11.5. The molecule has 0 radical (unpaired) electrons. The number of nitrogens with zero attached hydrogens (tertiary/aromatic N) is 1. The van der Waals surface area contributed by atoms with Gasteiger partial charge in [-0.2, -0.15) is 4.57 Å². The fraction of sp³-hybridized carbons (Fsp3) is 0.0408. The summed E-state index contributed by atoms with van der Waals surface area (Å²) < 4.78 is 296. The van der Waals surface area contributed by atoms with Gasteiger partial charge in [0.2, 0.25) is 17.8 Å². The zero-order valence-electron chi connectivity index (χ0n) is 35.9. The third-order valence-electron chi connectivity index (χ3n) is 11.7. The summed E-state index contributed by atoms with van der Waals surface area (Å²) in [6, 6.07) is 27.1. The number of pyridine rings is 1. The molecule has 8 aromatic rings. The molecule has 0 fully saturated rings. The lowest BCUT2D eigenvalue weighted by Gasteiger charge is -2.44. The number of aromatic nitrogens is 1. The number of fused-ring (bicyclic) bond motifs is 1. The van der Waals surface area contributed by atoms with Crippen molar-refractivity contribution in [3.63, 3.8) is 0 Å². The molecule has 0 aliphatic rings. The standard InChI is InChI=1S/C25H19NO3.C24BF20/c27-22-14-11-20(12-15-22)24(28)16-21-13-10-18-6-4-5-9-23(18)26(21)17-25(29)19-7-2-1-3-8-19;26-5-1(6(27)14(35)21(42)13(5)34)25(2-7(28)15(36)22(43)16(37)8(2)29,3-9(30)17(38)23(44)18(39)10(3)31)4-11(32)19(40)24(45)20(41)12(4)33/h1-15H,16-17H2;/q;-1/p+1. The number of ketones is 2. The molecule has 0 saturated carbocycles. The van der Waals surface area contributed by atoms with E-state index in [9.17, 15) is 67.4 Å². The molecule has 0 saturated heterocycles. The van der Waals surface area contributed by atoms with Gasteiger partial charge in [0, 0.05) is 28.6 Å². The van der Waals surface area contributed by atoms with Gasteiger partial charge in [-0.1, -0.05) is 42.5 Å². The second-order valence-corrected chi connectivity index (χ2v) is 15.7. The van der Waals surface area contributed by atoms with Crippen molar-refractivity contribution < 1.29 is 107 Å². The first-order chi connectivity index (χ1) is 34.8. The highest BCUT2D eigenvalue weighted by molar-refractivity contribution is 7.20. The molecule has 0 aliphatic carbocycles. The Kier molecular flexibility index (Phi) is 14.7. The molecule has 0 aliphatic heterocycles. The third kappa shape index (κ3) is 8.71. The van der Waals surface area contributed by atoms with E-state index in [4.69, 9.17) is 0 Å². The van der Waals surface area contributed by atoms with Crippen molar-refractivity contribution in [2.75, 3.05) is 0 Å². The van der Waals surface area contributed by atoms with Gasteiger partial charge in [0.15, 0.2) is 81.3 Å². The number of hydrogen-bond acceptors (Lipinski definition) is 3. The quantitative estimate of drug-likeness (QED) is 0.0371. The first-order valence-electron chi connectivity index (χ1n) is 20.4. The van der Waals surface area contributed by atoms with Crippen LogP contribution in [0.15, 0.2) is 91.0 Å². The molecule has 1 aromatic heterocycles. The number of aromatic hydroxyl groups is 1. The molecule has 1 N–H and O–H groups in total. The predicted octanol–water partition coefficient (Wildman–Crippen LogP) is 9.99. The van der Waals surface area contributed by atoms with Crippen LogP contribution >= 0.6 is 0 Å². The summed E-state index contributed by atoms with van der Waals surface area (Å²) >= 11 is 0. The van der Waals surface area contributed by atoms with Gasteiger partial charge in [-0.15, -0.1) is 21.9 Å². The number of halogens is 20. The van der Waals surface area contributed by atoms with Crippen molar-refractivity contribution in [2.45, 2.75) is 13.0 Å². The summed E-state index contributed by atoms with van der Waals surface area (Å²) in [5.74, 6) is -71.4. The van der Waals surface area contributed by atoms with Gasteiger partial charge in [-0.25, -0.2) is 87.8 Å². The van der Waals surface area contributed by atoms with Crippen LogP contribution in [0.5, 0.6) is 5.75 Å². The fourth-order valence-corrected chi connectivity index (χ4v) is 8.29. The summed E-state index contributed by atoms with van der Waals surface area (Å²) in [6.07, 6.45) is -7.05. The highest BCUT2D eigenvalue weighted by atomic mass is 19.2. The number of carbonyl (C=O) groups excluding carboxylic acids is 2. The largest absolute Gasteiger partial charge is 0.508 e. The number of hydrogen-bond donors (Lipinski definition) is 1. The number of carbonyl (C=O) groups is 2. The Bertz CT molecular complexity index is 3240. The van der Waals surface area contributed by atoms with Crippen LogP contribution in [0.1, 0.15) is 26.4 Å². The zero-order chi connectivity index (χ0) is 54.6. The first-order valence-corrected chi connectivity index (χ1v) is 20.4. The number of para-hydroxylation sites is 1. The second-order valence-electron chi connectivity index (χ2n) is 15.7. The minimum absolute atomic E-state index is 0.00899. The maximum Gasteiger partial charge on any atom is 0.227 e. The topological polar surface area (TPSA) is 58.2 Å². The summed E-state index contributed by atoms with van der Waals surface area (Å²) in [7, 11) is 0. The number of rotatable bonds is 10. The van der Waals surface area contributed by atoms with Crippen molar-refractivity contribution in [3.8, 4) is 5.75 Å². The molecule has 0 unspecified atom stereocenters. The molecule has 25 heteroatoms. The monoisotopic (exact) mass is 1060 g/mol. The summed E-state index contributed by atoms with van der Waals surface area (Å²) in [5, 5.41) is 10.5. The Morgan fingerprint density at radius 1 is 0.351 bits per heavy atom. The SMILES string of the molecule is Fc1c(F)c(F)c([B-](c2c(F)c(F)c(F)c(F)c2F)(c2c(F)c(F)c(F)c(F)c2F)c2c(F)c(F)c(F)c(F)c2F)c(F)c1F.O=C(Cc1ccc2ccccc2[n+]1CC(=O)c1ccccc1)c1ccc(O)cc1. The van der Waals surface area contributed by atoms with E-state index >= 15 is 35.1 Å². The molecular formula is C49H20BF20NO3. The van der Waals surface area contributed by atoms with Crippen LogP contribution in [0.4, 0.5) is 87.8 Å². The van der Waals surface area contributed by atoms with Gasteiger partial charge in [-0.3, -0.25) is 9.59 Å². The predicted molar refractivity (Wildman–Crippen MR) is 220 cm³/mol. The smallest absolute Gasteiger partial charge is 0.227 e. The second kappa shape index (κ2) is 20.3. The molecule has 7 aromatic carbocycles. The van der Waals surface area contributed by atoms with E-state index in [1.54, 1.807) is 24.3 Å². The number of benzene rings is 7. The molecule has 8 rings (SSSR count). The van der Waals surface area contributed by atoms with E-state index in [1.807, 2.05) is 59.2 Å². The molecule has 0 spiro atoms. The first kappa shape index (κ1) is 53.6. The van der Waals surface area contributed by atoms with E-state index in [0.29, 0.717) is 11.1 Å². The maximum atomic E-state index is 15.4. The molecule has 74 heavy (non-hydrogen) atoms. The van der Waals surface area contributed by atoms with Crippen LogP contribution in [0.2, 0.25) is 0 Å². The maximum absolute atomic E-state index is 15.4. The molecule has 382 valence electrons. The summed E-state index contributed by atoms with van der Waals surface area (Å²) in [6.45, 7) is 0.156. The summed E-state index contributed by atoms with van der Waals surface area (Å²) in [5.41, 5.74) is -11.5. The van der Waals surface area contributed by atoms with Crippen LogP contribution in [0, 0.1) is 116 Å². The lowest BCUT2D eigenvalue weighted by atomic mass is 9.12. The van der Waals surface area contributed by atoms with Crippen molar-refractivity contribution >= 4 is 50.5 Å². The lowest BCUT2D eigenvalue weighted by Crippen LogP contribution is -2.81. The van der Waals surface area contributed by atoms with Crippen molar-refractivity contribution in [3.05, 3.63) is 224 Å². The van der Waals surface area contributed by atoms with Gasteiger partial charge in [0.25, 0.3) is 0 Å². The van der Waals surface area contributed by atoms with Crippen LogP contribution in [-0.2, 0) is 13.0 Å². The van der Waals surface area contributed by atoms with Gasteiger partial charge >= 0.3 is 0 Å². The third-order valence-corrected chi connectivity index (χ3v) is 11.7. The van der Waals surface area contributed by atoms with E-state index in [1.165, 1.54) is 12.1 Å². The molecule has 1 heterocycles. The summed E-state index contributed by atoms with van der Waals surface area (Å²) in [4.78, 5) is 25.7. The van der Waals surface area contributed by atoms with Gasteiger partial charge in [-0.05, 0) is 36.4 Å². The van der Waals surface area contributed by atoms with E-state index in [2.05, 4.69) is 0 Å². The Morgan fingerprint density at radius 3 is 1.03 bits per heavy atom. The average molecular weight is 1060 g/mol. The average Bonchev–Trinajstić information content (AvgIpc) is 3.39. The Morgan fingerprint density at radius 2 is 0.662 bits per heavy atom. The minimum Gasteiger partial charge on any atom is -0.508 e. The lowest BCUT2D eigenvalue weighted by molar-refractivity contribution is -0.664. The van der Waals surface area contributed by atoms with Crippen LogP contribution < -0.4 is 26.4 Å². The van der Waals surface area contributed by atoms with Crippen molar-refractivity contribution in [2.24, 2.45) is 0 Å². The number of Topliss-reactive ketones (excluding diaryl/α,β-unsaturated/α-hetero) is 2. The van der Waals surface area contributed by atoms with Gasteiger partial charge in [0.05, 0.1) is 6.42 Å². The van der Waals surface area contributed by atoms with E-state index < -0.39 is 144 Å². The van der Waals surface area contributed by atoms with Crippen molar-refractivity contribution in [1.29, 1.82) is 0 Å². The minimum atomic E-state index is -7.22. The zero-order valence-corrected chi connectivity index (χ0v) is 35.9. The highest BCUT2D eigenvalue weighted by Crippen LogP contribution is 2.31. The van der Waals surface area contributed by atoms with Crippen LogP contribution in [0.25, 0.3) is 10.9 Å². The van der Waals surface area contributed by atoms with Gasteiger partial charge < -0.3 is 5.11 Å². The van der Waals surface area contributed by atoms with E-state index in [-0.39, 0.29) is 30.3 Å². The number of phenols is 1. The molecule has 0 bridgehead atoms. The van der Waals surface area contributed by atoms with Crippen LogP contribution in [-0.4, -0.2) is 22.8 Å². The Labute approximate surface area is 399 Å².